The third kappa shape index (κ3) is 3.07. The highest BCUT2D eigenvalue weighted by molar-refractivity contribution is 7.99. The number of benzene rings is 2. The highest BCUT2D eigenvalue weighted by atomic mass is 35.5. The number of imidazole rings is 1. The minimum absolute atomic E-state index is 0.0388. The van der Waals surface area contributed by atoms with Gasteiger partial charge in [0.15, 0.2) is 5.16 Å². The molecule has 0 aliphatic heterocycles. The second kappa shape index (κ2) is 6.10. The van der Waals surface area contributed by atoms with Crippen LogP contribution in [0.2, 0.25) is 5.02 Å². The van der Waals surface area contributed by atoms with Gasteiger partial charge in [0.2, 0.25) is 0 Å². The first-order valence-electron chi connectivity index (χ1n) is 6.76. The SMILES string of the molecule is CC(N)C(Sc1nc2ccccc2[nH]1)c1ccccc1Cl. The van der Waals surface area contributed by atoms with Crippen LogP contribution in [0.15, 0.2) is 53.7 Å². The number of aromatic amines is 1. The highest BCUT2D eigenvalue weighted by Gasteiger charge is 2.21. The summed E-state index contributed by atoms with van der Waals surface area (Å²) in [5.41, 5.74) is 9.19. The van der Waals surface area contributed by atoms with Crippen molar-refractivity contribution in [2.45, 2.75) is 23.4 Å². The number of para-hydroxylation sites is 2. The van der Waals surface area contributed by atoms with Crippen LogP contribution in [-0.4, -0.2) is 16.0 Å². The summed E-state index contributed by atoms with van der Waals surface area (Å²) >= 11 is 7.92. The molecule has 1 aromatic heterocycles. The molecule has 0 fully saturated rings. The topological polar surface area (TPSA) is 54.7 Å². The molecule has 3 N–H and O–H groups in total. The van der Waals surface area contributed by atoms with E-state index in [4.69, 9.17) is 17.3 Å². The number of H-pyrrole nitrogens is 1. The van der Waals surface area contributed by atoms with Crippen LogP contribution in [0.3, 0.4) is 0 Å². The van der Waals surface area contributed by atoms with Gasteiger partial charge in [-0.1, -0.05) is 53.7 Å². The molecular formula is C16H16ClN3S. The van der Waals surface area contributed by atoms with Gasteiger partial charge in [-0.25, -0.2) is 4.98 Å². The number of rotatable bonds is 4. The molecule has 1 heterocycles. The van der Waals surface area contributed by atoms with Crippen molar-refractivity contribution in [2.24, 2.45) is 5.73 Å². The molecule has 3 rings (SSSR count). The first kappa shape index (κ1) is 14.4. The monoisotopic (exact) mass is 317 g/mol. The van der Waals surface area contributed by atoms with E-state index in [9.17, 15) is 0 Å². The molecule has 0 amide bonds. The van der Waals surface area contributed by atoms with Gasteiger partial charge in [-0.05, 0) is 30.7 Å². The van der Waals surface area contributed by atoms with Crippen molar-refractivity contribution in [3.8, 4) is 0 Å². The van der Waals surface area contributed by atoms with E-state index in [0.717, 1.165) is 26.8 Å². The van der Waals surface area contributed by atoms with Crippen molar-refractivity contribution < 1.29 is 0 Å². The lowest BCUT2D eigenvalue weighted by Crippen LogP contribution is -2.22. The van der Waals surface area contributed by atoms with Crippen molar-refractivity contribution >= 4 is 34.4 Å². The van der Waals surface area contributed by atoms with E-state index in [1.54, 1.807) is 11.8 Å². The molecule has 0 spiro atoms. The van der Waals surface area contributed by atoms with Gasteiger partial charge in [-0.3, -0.25) is 0 Å². The number of fused-ring (bicyclic) bond motifs is 1. The maximum absolute atomic E-state index is 6.31. The fourth-order valence-corrected chi connectivity index (χ4v) is 3.69. The fraction of sp³-hybridized carbons (Fsp3) is 0.188. The molecule has 0 aliphatic rings. The molecular weight excluding hydrogens is 302 g/mol. The molecule has 2 unspecified atom stereocenters. The van der Waals surface area contributed by atoms with Crippen molar-refractivity contribution in [3.05, 3.63) is 59.1 Å². The molecule has 108 valence electrons. The van der Waals surface area contributed by atoms with Gasteiger partial charge in [0, 0.05) is 11.1 Å². The zero-order valence-electron chi connectivity index (χ0n) is 11.6. The van der Waals surface area contributed by atoms with Crippen LogP contribution in [0.1, 0.15) is 17.7 Å². The third-order valence-electron chi connectivity index (χ3n) is 3.30. The summed E-state index contributed by atoms with van der Waals surface area (Å²) in [6, 6.07) is 15.8. The molecule has 2 atom stereocenters. The van der Waals surface area contributed by atoms with Gasteiger partial charge in [-0.15, -0.1) is 0 Å². The van der Waals surface area contributed by atoms with Crippen molar-refractivity contribution in [1.29, 1.82) is 0 Å². The van der Waals surface area contributed by atoms with Crippen LogP contribution in [0.4, 0.5) is 0 Å². The summed E-state index contributed by atoms with van der Waals surface area (Å²) in [6.07, 6.45) is 0. The zero-order valence-corrected chi connectivity index (χ0v) is 13.2. The van der Waals surface area contributed by atoms with E-state index in [2.05, 4.69) is 9.97 Å². The first-order chi connectivity index (χ1) is 10.1. The Bertz CT molecular complexity index is 721. The molecule has 0 saturated heterocycles. The Balaban J connectivity index is 1.94. The Morgan fingerprint density at radius 3 is 2.57 bits per heavy atom. The molecule has 5 heteroatoms. The summed E-state index contributed by atoms with van der Waals surface area (Å²) in [4.78, 5) is 7.92. The lowest BCUT2D eigenvalue weighted by atomic mass is 10.1. The van der Waals surface area contributed by atoms with Crippen LogP contribution in [0.5, 0.6) is 0 Å². The van der Waals surface area contributed by atoms with E-state index in [0.29, 0.717) is 0 Å². The first-order valence-corrected chi connectivity index (χ1v) is 8.02. The molecule has 0 aliphatic carbocycles. The summed E-state index contributed by atoms with van der Waals surface area (Å²) in [7, 11) is 0. The van der Waals surface area contributed by atoms with Crippen LogP contribution < -0.4 is 5.73 Å². The van der Waals surface area contributed by atoms with Crippen LogP contribution in [0, 0.1) is 0 Å². The highest BCUT2D eigenvalue weighted by Crippen LogP contribution is 2.39. The average Bonchev–Trinajstić information content (AvgIpc) is 2.88. The molecule has 21 heavy (non-hydrogen) atoms. The van der Waals surface area contributed by atoms with Crippen molar-refractivity contribution in [1.82, 2.24) is 9.97 Å². The van der Waals surface area contributed by atoms with Gasteiger partial charge in [0.1, 0.15) is 0 Å². The number of hydrogen-bond donors (Lipinski definition) is 2. The Kier molecular flexibility index (Phi) is 4.19. The predicted octanol–water partition coefficient (Wildman–Crippen LogP) is 4.40. The van der Waals surface area contributed by atoms with Crippen molar-refractivity contribution in [3.63, 3.8) is 0 Å². The molecule has 3 aromatic rings. The minimum Gasteiger partial charge on any atom is -0.333 e. The third-order valence-corrected chi connectivity index (χ3v) is 4.99. The van der Waals surface area contributed by atoms with E-state index in [1.807, 2.05) is 55.5 Å². The van der Waals surface area contributed by atoms with Gasteiger partial charge < -0.3 is 10.7 Å². The predicted molar refractivity (Wildman–Crippen MR) is 89.8 cm³/mol. The summed E-state index contributed by atoms with van der Waals surface area (Å²) in [6.45, 7) is 1.99. The smallest absolute Gasteiger partial charge is 0.167 e. The minimum atomic E-state index is -0.0388. The number of halogens is 1. The maximum Gasteiger partial charge on any atom is 0.167 e. The number of thioether (sulfide) groups is 1. The number of nitrogens with two attached hydrogens (primary N) is 1. The average molecular weight is 318 g/mol. The maximum atomic E-state index is 6.31. The molecule has 0 radical (unpaired) electrons. The number of nitrogens with one attached hydrogen (secondary N) is 1. The lowest BCUT2D eigenvalue weighted by Gasteiger charge is -2.20. The van der Waals surface area contributed by atoms with E-state index < -0.39 is 0 Å². The normalized spacial score (nSPS) is 14.2. The number of nitrogens with zero attached hydrogens (tertiary/aromatic N) is 1. The van der Waals surface area contributed by atoms with Gasteiger partial charge in [-0.2, -0.15) is 0 Å². The number of aromatic nitrogens is 2. The van der Waals surface area contributed by atoms with Gasteiger partial charge >= 0.3 is 0 Å². The zero-order chi connectivity index (χ0) is 14.8. The fourth-order valence-electron chi connectivity index (χ4n) is 2.27. The summed E-state index contributed by atoms with van der Waals surface area (Å²) < 4.78 is 0. The standard InChI is InChI=1S/C16H16ClN3S/c1-10(18)15(11-6-2-3-7-12(11)17)21-16-19-13-8-4-5-9-14(13)20-16/h2-10,15H,18H2,1H3,(H,19,20). The largest absolute Gasteiger partial charge is 0.333 e. The Hall–Kier alpha value is -1.49. The summed E-state index contributed by atoms with van der Waals surface area (Å²) in [5, 5.41) is 1.65. The summed E-state index contributed by atoms with van der Waals surface area (Å²) in [5.74, 6) is 0. The molecule has 0 bridgehead atoms. The molecule has 2 aromatic carbocycles. The van der Waals surface area contributed by atoms with E-state index in [-0.39, 0.29) is 11.3 Å². The Morgan fingerprint density at radius 2 is 1.86 bits per heavy atom. The second-order valence-corrected chi connectivity index (χ2v) is 6.52. The number of hydrogen-bond acceptors (Lipinski definition) is 3. The van der Waals surface area contributed by atoms with Crippen LogP contribution in [0.25, 0.3) is 11.0 Å². The second-order valence-electron chi connectivity index (χ2n) is 4.98. The van der Waals surface area contributed by atoms with E-state index in [1.165, 1.54) is 0 Å². The van der Waals surface area contributed by atoms with Crippen LogP contribution in [-0.2, 0) is 0 Å². The van der Waals surface area contributed by atoms with E-state index >= 15 is 0 Å². The van der Waals surface area contributed by atoms with Crippen LogP contribution >= 0.6 is 23.4 Å². The van der Waals surface area contributed by atoms with Crippen molar-refractivity contribution in [2.75, 3.05) is 0 Å². The lowest BCUT2D eigenvalue weighted by molar-refractivity contribution is 0.719. The molecule has 0 saturated carbocycles. The molecule has 3 nitrogen and oxygen atoms in total. The quantitative estimate of drug-likeness (QED) is 0.701. The van der Waals surface area contributed by atoms with Gasteiger partial charge in [0.05, 0.1) is 16.3 Å². The Labute approximate surface area is 132 Å². The van der Waals surface area contributed by atoms with Gasteiger partial charge in [0.25, 0.3) is 0 Å². The Morgan fingerprint density at radius 1 is 1.14 bits per heavy atom.